The predicted molar refractivity (Wildman–Crippen MR) is 128 cm³/mol. The molecule has 0 radical (unpaired) electrons. The lowest BCUT2D eigenvalue weighted by molar-refractivity contribution is -0.128. The Balaban J connectivity index is 1.41. The standard InChI is InChI=1S/C27H27N5O/c28-19-24(20-29-21-25-13-7-8-14-30-25)27(33)32-17-15-31(16-18-32)26(22-9-3-1-4-10-22)23-11-5-2-6-12-23/h1-14,20,26,29H,15-18,21H2/b24-20-. The summed E-state index contributed by atoms with van der Waals surface area (Å²) in [5.41, 5.74) is 3.43. The molecule has 6 heteroatoms. The van der Waals surface area contributed by atoms with Crippen molar-refractivity contribution < 1.29 is 4.79 Å². The van der Waals surface area contributed by atoms with Gasteiger partial charge in [-0.3, -0.25) is 14.7 Å². The molecule has 4 rings (SSSR count). The van der Waals surface area contributed by atoms with Crippen LogP contribution in [0.25, 0.3) is 0 Å². The normalized spacial score (nSPS) is 14.7. The fourth-order valence-corrected chi connectivity index (χ4v) is 4.14. The number of rotatable bonds is 7. The molecule has 0 atom stereocenters. The lowest BCUT2D eigenvalue weighted by Crippen LogP contribution is -2.50. The number of carbonyl (C=O) groups is 1. The minimum atomic E-state index is -0.235. The molecular formula is C27H27N5O. The first-order chi connectivity index (χ1) is 16.3. The third-order valence-corrected chi connectivity index (χ3v) is 5.80. The van der Waals surface area contributed by atoms with Gasteiger partial charge in [0.25, 0.3) is 5.91 Å². The number of hydrogen-bond donors (Lipinski definition) is 1. The molecule has 6 nitrogen and oxygen atoms in total. The first-order valence-corrected chi connectivity index (χ1v) is 11.1. The third-order valence-electron chi connectivity index (χ3n) is 5.80. The summed E-state index contributed by atoms with van der Waals surface area (Å²) in [5, 5.41) is 12.6. The molecule has 1 aromatic heterocycles. The van der Waals surface area contributed by atoms with Gasteiger partial charge in [0.2, 0.25) is 0 Å². The Kier molecular flexibility index (Phi) is 7.47. The summed E-state index contributed by atoms with van der Waals surface area (Å²) in [6.07, 6.45) is 3.22. The molecule has 0 saturated carbocycles. The van der Waals surface area contributed by atoms with E-state index in [1.807, 2.05) is 36.4 Å². The van der Waals surface area contributed by atoms with E-state index in [2.05, 4.69) is 63.7 Å². The molecule has 0 bridgehead atoms. The van der Waals surface area contributed by atoms with Crippen LogP contribution in [0.4, 0.5) is 0 Å². The van der Waals surface area contributed by atoms with Gasteiger partial charge in [-0.2, -0.15) is 5.26 Å². The minimum Gasteiger partial charge on any atom is -0.384 e. The maximum atomic E-state index is 12.9. The Morgan fingerprint density at radius 2 is 1.55 bits per heavy atom. The fourth-order valence-electron chi connectivity index (χ4n) is 4.14. The van der Waals surface area contributed by atoms with E-state index in [1.165, 1.54) is 17.3 Å². The summed E-state index contributed by atoms with van der Waals surface area (Å²) in [6.45, 7) is 3.09. The zero-order chi connectivity index (χ0) is 22.9. The second-order valence-electron chi connectivity index (χ2n) is 7.92. The summed E-state index contributed by atoms with van der Waals surface area (Å²) >= 11 is 0. The number of hydrogen-bond acceptors (Lipinski definition) is 5. The minimum absolute atomic E-state index is 0.113. The maximum absolute atomic E-state index is 12.9. The van der Waals surface area contributed by atoms with Crippen molar-refractivity contribution in [2.75, 3.05) is 26.2 Å². The number of amides is 1. The van der Waals surface area contributed by atoms with E-state index in [4.69, 9.17) is 0 Å². The average Bonchev–Trinajstić information content (AvgIpc) is 2.89. The SMILES string of the molecule is N#C/C(=C/NCc1ccccn1)C(=O)N1CCN(C(c2ccccc2)c2ccccc2)CC1. The summed E-state index contributed by atoms with van der Waals surface area (Å²) in [7, 11) is 0. The van der Waals surface area contributed by atoms with E-state index in [9.17, 15) is 10.1 Å². The highest BCUT2D eigenvalue weighted by Gasteiger charge is 2.29. The van der Waals surface area contributed by atoms with Gasteiger partial charge < -0.3 is 10.2 Å². The molecule has 0 unspecified atom stereocenters. The molecule has 2 aromatic carbocycles. The van der Waals surface area contributed by atoms with Gasteiger partial charge in [-0.15, -0.1) is 0 Å². The van der Waals surface area contributed by atoms with E-state index in [-0.39, 0.29) is 17.5 Å². The van der Waals surface area contributed by atoms with E-state index in [1.54, 1.807) is 11.1 Å². The van der Waals surface area contributed by atoms with Gasteiger partial charge in [0.15, 0.2) is 0 Å². The molecule has 1 saturated heterocycles. The van der Waals surface area contributed by atoms with Crippen molar-refractivity contribution >= 4 is 5.91 Å². The number of carbonyl (C=O) groups excluding carboxylic acids is 1. The largest absolute Gasteiger partial charge is 0.384 e. The van der Waals surface area contributed by atoms with Crippen LogP contribution in [0.3, 0.4) is 0 Å². The van der Waals surface area contributed by atoms with E-state index >= 15 is 0 Å². The highest BCUT2D eigenvalue weighted by atomic mass is 16.2. The van der Waals surface area contributed by atoms with Crippen LogP contribution in [-0.2, 0) is 11.3 Å². The summed E-state index contributed by atoms with van der Waals surface area (Å²) in [4.78, 5) is 21.4. The lowest BCUT2D eigenvalue weighted by atomic mass is 9.96. The highest BCUT2D eigenvalue weighted by Crippen LogP contribution is 2.29. The smallest absolute Gasteiger partial charge is 0.266 e. The topological polar surface area (TPSA) is 72.3 Å². The van der Waals surface area contributed by atoms with E-state index in [0.29, 0.717) is 19.6 Å². The Morgan fingerprint density at radius 3 is 2.09 bits per heavy atom. The average molecular weight is 438 g/mol. The number of pyridine rings is 1. The molecule has 166 valence electrons. The number of nitrogens with one attached hydrogen (secondary N) is 1. The molecular weight excluding hydrogens is 410 g/mol. The molecule has 1 aliphatic heterocycles. The Morgan fingerprint density at radius 1 is 0.939 bits per heavy atom. The van der Waals surface area contributed by atoms with Crippen LogP contribution in [0.2, 0.25) is 0 Å². The number of aromatic nitrogens is 1. The van der Waals surface area contributed by atoms with Gasteiger partial charge in [0, 0.05) is 38.6 Å². The molecule has 0 spiro atoms. The van der Waals surface area contributed by atoms with Crippen molar-refractivity contribution in [3.05, 3.63) is 114 Å². The van der Waals surface area contributed by atoms with E-state index in [0.717, 1.165) is 18.8 Å². The number of nitrogens with zero attached hydrogens (tertiary/aromatic N) is 4. The molecule has 1 N–H and O–H groups in total. The van der Waals surface area contributed by atoms with Gasteiger partial charge in [-0.25, -0.2) is 0 Å². The van der Waals surface area contributed by atoms with Crippen LogP contribution in [0.5, 0.6) is 0 Å². The molecule has 1 amide bonds. The van der Waals surface area contributed by atoms with Crippen molar-refractivity contribution in [3.8, 4) is 6.07 Å². The number of piperazine rings is 1. The lowest BCUT2D eigenvalue weighted by Gasteiger charge is -2.39. The zero-order valence-electron chi connectivity index (χ0n) is 18.5. The zero-order valence-corrected chi connectivity index (χ0v) is 18.5. The Labute approximate surface area is 194 Å². The summed E-state index contributed by atoms with van der Waals surface area (Å²) in [5.74, 6) is -0.235. The van der Waals surface area contributed by atoms with Crippen molar-refractivity contribution in [2.24, 2.45) is 0 Å². The van der Waals surface area contributed by atoms with Gasteiger partial charge in [0.1, 0.15) is 11.6 Å². The van der Waals surface area contributed by atoms with Crippen LogP contribution in [0, 0.1) is 11.3 Å². The van der Waals surface area contributed by atoms with E-state index < -0.39 is 0 Å². The monoisotopic (exact) mass is 437 g/mol. The van der Waals surface area contributed by atoms with Crippen LogP contribution in [0.1, 0.15) is 22.9 Å². The number of benzene rings is 2. The van der Waals surface area contributed by atoms with Gasteiger partial charge >= 0.3 is 0 Å². The van der Waals surface area contributed by atoms with Gasteiger partial charge in [0.05, 0.1) is 18.3 Å². The summed E-state index contributed by atoms with van der Waals surface area (Å²) < 4.78 is 0. The van der Waals surface area contributed by atoms with Crippen LogP contribution < -0.4 is 5.32 Å². The molecule has 2 heterocycles. The van der Waals surface area contributed by atoms with Crippen molar-refractivity contribution in [1.82, 2.24) is 20.1 Å². The molecule has 33 heavy (non-hydrogen) atoms. The molecule has 0 aliphatic carbocycles. The first-order valence-electron chi connectivity index (χ1n) is 11.1. The molecule has 1 aliphatic rings. The second kappa shape index (κ2) is 11.1. The maximum Gasteiger partial charge on any atom is 0.266 e. The Hall–Kier alpha value is -3.95. The predicted octanol–water partition coefficient (Wildman–Crippen LogP) is 3.51. The fraction of sp³-hybridized carbons (Fsp3) is 0.222. The van der Waals surface area contributed by atoms with Gasteiger partial charge in [-0.05, 0) is 23.3 Å². The highest BCUT2D eigenvalue weighted by molar-refractivity contribution is 5.97. The first kappa shape index (κ1) is 22.3. The van der Waals surface area contributed by atoms with Crippen molar-refractivity contribution in [2.45, 2.75) is 12.6 Å². The van der Waals surface area contributed by atoms with Crippen LogP contribution in [0.15, 0.2) is 96.8 Å². The third kappa shape index (κ3) is 5.65. The number of nitriles is 1. The van der Waals surface area contributed by atoms with Crippen LogP contribution >= 0.6 is 0 Å². The Bertz CT molecular complexity index is 1060. The molecule has 1 fully saturated rings. The summed E-state index contributed by atoms with van der Waals surface area (Å²) in [6, 6.07) is 28.7. The van der Waals surface area contributed by atoms with Gasteiger partial charge in [-0.1, -0.05) is 66.7 Å². The van der Waals surface area contributed by atoms with Crippen molar-refractivity contribution in [3.63, 3.8) is 0 Å². The van der Waals surface area contributed by atoms with Crippen molar-refractivity contribution in [1.29, 1.82) is 5.26 Å². The second-order valence-corrected chi connectivity index (χ2v) is 7.92. The quantitative estimate of drug-likeness (QED) is 0.452. The van der Waals surface area contributed by atoms with Crippen LogP contribution in [-0.4, -0.2) is 46.9 Å². The molecule has 3 aromatic rings.